The lowest BCUT2D eigenvalue weighted by atomic mass is 10.0. The van der Waals surface area contributed by atoms with Crippen molar-refractivity contribution in [3.63, 3.8) is 0 Å². The monoisotopic (exact) mass is 378 g/mol. The first kappa shape index (κ1) is 20.2. The Labute approximate surface area is 168 Å². The summed E-state index contributed by atoms with van der Waals surface area (Å²) in [7, 11) is 1.68. The highest BCUT2D eigenvalue weighted by molar-refractivity contribution is 5.91. The normalized spacial score (nSPS) is 16.1. The zero-order valence-corrected chi connectivity index (χ0v) is 16.9. The van der Waals surface area contributed by atoms with Crippen LogP contribution in [0.2, 0.25) is 0 Å². The van der Waals surface area contributed by atoms with E-state index in [1.54, 1.807) is 13.2 Å². The lowest BCUT2D eigenvalue weighted by molar-refractivity contribution is -0.116. The Morgan fingerprint density at radius 3 is 2.39 bits per heavy atom. The first-order chi connectivity index (χ1) is 13.7. The number of hydrogen-bond donors (Lipinski definition) is 1. The summed E-state index contributed by atoms with van der Waals surface area (Å²) in [5, 5.41) is 3.09. The molecule has 4 heteroatoms. The number of ether oxygens (including phenoxy) is 1. The van der Waals surface area contributed by atoms with Gasteiger partial charge in [-0.15, -0.1) is 0 Å². The largest absolute Gasteiger partial charge is 0.497 e. The summed E-state index contributed by atoms with van der Waals surface area (Å²) >= 11 is 0. The minimum absolute atomic E-state index is 0.0592. The van der Waals surface area contributed by atoms with Crippen molar-refractivity contribution in [2.45, 2.75) is 32.2 Å². The van der Waals surface area contributed by atoms with Gasteiger partial charge < -0.3 is 10.1 Å². The Bertz CT molecular complexity index is 775. The van der Waals surface area contributed by atoms with Gasteiger partial charge in [0.2, 0.25) is 5.91 Å². The van der Waals surface area contributed by atoms with Gasteiger partial charge in [0.15, 0.2) is 0 Å². The summed E-state index contributed by atoms with van der Waals surface area (Å²) in [6.07, 6.45) is 7.20. The maximum Gasteiger partial charge on any atom is 0.244 e. The first-order valence-electron chi connectivity index (χ1n) is 10.1. The van der Waals surface area contributed by atoms with E-state index in [9.17, 15) is 4.79 Å². The summed E-state index contributed by atoms with van der Waals surface area (Å²) in [4.78, 5) is 14.8. The smallest absolute Gasteiger partial charge is 0.244 e. The Morgan fingerprint density at radius 2 is 1.75 bits per heavy atom. The molecule has 2 aromatic rings. The van der Waals surface area contributed by atoms with Crippen molar-refractivity contribution in [3.8, 4) is 5.75 Å². The van der Waals surface area contributed by atoms with Gasteiger partial charge in [0.1, 0.15) is 5.75 Å². The highest BCUT2D eigenvalue weighted by Gasteiger charge is 2.22. The molecule has 1 heterocycles. The van der Waals surface area contributed by atoms with E-state index in [0.717, 1.165) is 24.4 Å². The third-order valence-corrected chi connectivity index (χ3v) is 5.31. The number of piperidine rings is 1. The maximum atomic E-state index is 12.4. The number of carbonyl (C=O) groups is 1. The molecular formula is C24H30N2O2. The van der Waals surface area contributed by atoms with E-state index >= 15 is 0 Å². The molecule has 1 saturated heterocycles. The van der Waals surface area contributed by atoms with Crippen LogP contribution in [0.5, 0.6) is 5.75 Å². The lowest BCUT2D eigenvalue weighted by Crippen LogP contribution is -2.40. The van der Waals surface area contributed by atoms with E-state index in [2.05, 4.69) is 29.3 Å². The van der Waals surface area contributed by atoms with Crippen LogP contribution in [0.25, 0.3) is 6.08 Å². The van der Waals surface area contributed by atoms with Gasteiger partial charge in [-0.05, 0) is 62.2 Å². The number of amides is 1. The van der Waals surface area contributed by atoms with E-state index in [0.29, 0.717) is 6.54 Å². The molecule has 1 N–H and O–H groups in total. The second-order valence-corrected chi connectivity index (χ2v) is 7.37. The fourth-order valence-corrected chi connectivity index (χ4v) is 3.62. The topological polar surface area (TPSA) is 41.6 Å². The molecule has 0 spiro atoms. The third-order valence-electron chi connectivity index (χ3n) is 5.31. The fraction of sp³-hybridized carbons (Fsp3) is 0.375. The zero-order chi connectivity index (χ0) is 19.8. The number of aryl methyl sites for hydroxylation is 1. The second-order valence-electron chi connectivity index (χ2n) is 7.37. The molecule has 0 bridgehead atoms. The number of rotatable bonds is 7. The SMILES string of the molecule is COc1ccc(C(CNC(=O)/C=C/c2ccc(C)cc2)N2CCCCC2)cc1. The third kappa shape index (κ3) is 5.70. The second kappa shape index (κ2) is 10.1. The number of likely N-dealkylation sites (tertiary alicyclic amines) is 1. The van der Waals surface area contributed by atoms with Crippen molar-refractivity contribution in [3.05, 3.63) is 71.3 Å². The molecule has 0 radical (unpaired) electrons. The highest BCUT2D eigenvalue weighted by Crippen LogP contribution is 2.25. The molecule has 148 valence electrons. The van der Waals surface area contributed by atoms with Crippen LogP contribution in [-0.4, -0.2) is 37.6 Å². The molecule has 1 aliphatic heterocycles. The van der Waals surface area contributed by atoms with Crippen LogP contribution in [0.15, 0.2) is 54.6 Å². The van der Waals surface area contributed by atoms with Crippen molar-refractivity contribution in [2.24, 2.45) is 0 Å². The standard InChI is InChI=1S/C24H30N2O2/c1-19-6-8-20(9-7-19)10-15-24(27)25-18-23(26-16-4-3-5-17-26)21-11-13-22(28-2)14-12-21/h6-15,23H,3-5,16-18H2,1-2H3,(H,25,27)/b15-10+. The molecule has 1 atom stereocenters. The highest BCUT2D eigenvalue weighted by atomic mass is 16.5. The molecule has 0 saturated carbocycles. The fourth-order valence-electron chi connectivity index (χ4n) is 3.62. The number of benzene rings is 2. The minimum atomic E-state index is -0.0592. The van der Waals surface area contributed by atoms with Crippen LogP contribution in [0.3, 0.4) is 0 Å². The Hall–Kier alpha value is -2.59. The van der Waals surface area contributed by atoms with Crippen LogP contribution < -0.4 is 10.1 Å². The molecule has 0 aromatic heterocycles. The van der Waals surface area contributed by atoms with Crippen LogP contribution in [0.4, 0.5) is 0 Å². The number of carbonyl (C=O) groups excluding carboxylic acids is 1. The predicted molar refractivity (Wildman–Crippen MR) is 114 cm³/mol. The number of hydrogen-bond acceptors (Lipinski definition) is 3. The van der Waals surface area contributed by atoms with Crippen LogP contribution in [0.1, 0.15) is 42.0 Å². The molecule has 28 heavy (non-hydrogen) atoms. The predicted octanol–water partition coefficient (Wildman–Crippen LogP) is 4.36. The Morgan fingerprint density at radius 1 is 1.07 bits per heavy atom. The Balaban J connectivity index is 1.64. The molecule has 1 aliphatic rings. The average Bonchev–Trinajstić information content (AvgIpc) is 2.74. The summed E-state index contributed by atoms with van der Waals surface area (Å²) in [6, 6.07) is 16.5. The summed E-state index contributed by atoms with van der Waals surface area (Å²) in [6.45, 7) is 4.81. The molecule has 1 amide bonds. The van der Waals surface area contributed by atoms with Gasteiger partial charge >= 0.3 is 0 Å². The lowest BCUT2D eigenvalue weighted by Gasteiger charge is -2.35. The van der Waals surface area contributed by atoms with Crippen molar-refractivity contribution in [1.82, 2.24) is 10.2 Å². The zero-order valence-electron chi connectivity index (χ0n) is 16.9. The molecule has 4 nitrogen and oxygen atoms in total. The van der Waals surface area contributed by atoms with Crippen molar-refractivity contribution < 1.29 is 9.53 Å². The molecule has 2 aromatic carbocycles. The molecule has 3 rings (SSSR count). The van der Waals surface area contributed by atoms with Crippen LogP contribution in [-0.2, 0) is 4.79 Å². The average molecular weight is 379 g/mol. The minimum Gasteiger partial charge on any atom is -0.497 e. The first-order valence-corrected chi connectivity index (χ1v) is 10.1. The maximum absolute atomic E-state index is 12.4. The van der Waals surface area contributed by atoms with E-state index in [4.69, 9.17) is 4.74 Å². The van der Waals surface area contributed by atoms with Crippen LogP contribution >= 0.6 is 0 Å². The molecule has 0 aliphatic carbocycles. The number of methoxy groups -OCH3 is 1. The van der Waals surface area contributed by atoms with Crippen molar-refractivity contribution >= 4 is 12.0 Å². The van der Waals surface area contributed by atoms with Gasteiger partial charge in [0.05, 0.1) is 13.2 Å². The van der Waals surface area contributed by atoms with E-state index in [1.165, 1.54) is 30.4 Å². The summed E-state index contributed by atoms with van der Waals surface area (Å²) < 4.78 is 5.28. The number of nitrogens with one attached hydrogen (secondary N) is 1. The van der Waals surface area contributed by atoms with Gasteiger partial charge in [0.25, 0.3) is 0 Å². The Kier molecular flexibility index (Phi) is 7.26. The molecule has 1 unspecified atom stereocenters. The van der Waals surface area contributed by atoms with Crippen molar-refractivity contribution in [1.29, 1.82) is 0 Å². The number of nitrogens with zero attached hydrogens (tertiary/aromatic N) is 1. The van der Waals surface area contributed by atoms with Gasteiger partial charge in [-0.1, -0.05) is 48.4 Å². The van der Waals surface area contributed by atoms with Crippen LogP contribution in [0, 0.1) is 6.92 Å². The van der Waals surface area contributed by atoms with Gasteiger partial charge in [0, 0.05) is 12.6 Å². The van der Waals surface area contributed by atoms with Crippen molar-refractivity contribution in [2.75, 3.05) is 26.7 Å². The van der Waals surface area contributed by atoms with Gasteiger partial charge in [-0.2, -0.15) is 0 Å². The molecular weight excluding hydrogens is 348 g/mol. The van der Waals surface area contributed by atoms with E-state index in [-0.39, 0.29) is 11.9 Å². The summed E-state index contributed by atoms with van der Waals surface area (Å²) in [5.41, 5.74) is 3.46. The summed E-state index contributed by atoms with van der Waals surface area (Å²) in [5.74, 6) is 0.794. The van der Waals surface area contributed by atoms with Gasteiger partial charge in [-0.25, -0.2) is 0 Å². The van der Waals surface area contributed by atoms with E-state index in [1.807, 2.05) is 42.5 Å². The quantitative estimate of drug-likeness (QED) is 0.728. The van der Waals surface area contributed by atoms with Gasteiger partial charge in [-0.3, -0.25) is 9.69 Å². The van der Waals surface area contributed by atoms with E-state index < -0.39 is 0 Å². The molecule has 1 fully saturated rings.